The van der Waals surface area contributed by atoms with Gasteiger partial charge in [0.1, 0.15) is 0 Å². The molecule has 0 bridgehead atoms. The lowest BCUT2D eigenvalue weighted by atomic mass is 10.0. The molecular weight excluding hydrogens is 394 g/mol. The van der Waals surface area contributed by atoms with Gasteiger partial charge >= 0.3 is 0 Å². The summed E-state index contributed by atoms with van der Waals surface area (Å²) in [4.78, 5) is 20.6. The molecule has 1 aliphatic heterocycles. The summed E-state index contributed by atoms with van der Waals surface area (Å²) in [5, 5.41) is 4.57. The van der Waals surface area contributed by atoms with Gasteiger partial charge in [0.05, 0.1) is 11.1 Å². The first-order valence-corrected chi connectivity index (χ1v) is 11.3. The molecule has 0 atom stereocenters. The Morgan fingerprint density at radius 2 is 1.80 bits per heavy atom. The minimum atomic E-state index is -0.0772. The fraction of sp³-hybridized carbons (Fsp3) is 0.360. The molecule has 0 radical (unpaired) electrons. The third-order valence-electron chi connectivity index (χ3n) is 6.27. The van der Waals surface area contributed by atoms with Gasteiger partial charge in [0.2, 0.25) is 0 Å². The standard InChI is InChI=1S/C25H26ClN3O/c26-18-9-12-23-21(15-18)24(20-5-4-6-22(20)28-23)25(30)27-19-10-7-17(8-11-19)16-29-13-2-1-3-14-29/h7-12,15H,1-6,13-14,16H2,(H,27,30). The Kier molecular flexibility index (Phi) is 5.45. The number of aromatic nitrogens is 1. The van der Waals surface area contributed by atoms with Gasteiger partial charge in [-0.3, -0.25) is 14.7 Å². The van der Waals surface area contributed by atoms with Crippen molar-refractivity contribution in [3.63, 3.8) is 0 Å². The minimum Gasteiger partial charge on any atom is -0.322 e. The van der Waals surface area contributed by atoms with E-state index in [9.17, 15) is 4.79 Å². The number of fused-ring (bicyclic) bond motifs is 2. The van der Waals surface area contributed by atoms with Gasteiger partial charge in [-0.05, 0) is 86.7 Å². The van der Waals surface area contributed by atoms with E-state index in [-0.39, 0.29) is 5.91 Å². The van der Waals surface area contributed by atoms with Crippen LogP contribution in [0, 0.1) is 0 Å². The van der Waals surface area contributed by atoms with Crippen LogP contribution in [-0.4, -0.2) is 28.9 Å². The summed E-state index contributed by atoms with van der Waals surface area (Å²) in [6, 6.07) is 13.9. The lowest BCUT2D eigenvalue weighted by molar-refractivity contribution is 0.102. The smallest absolute Gasteiger partial charge is 0.256 e. The largest absolute Gasteiger partial charge is 0.322 e. The van der Waals surface area contributed by atoms with Crippen LogP contribution in [0.1, 0.15) is 52.9 Å². The molecule has 1 aliphatic carbocycles. The number of likely N-dealkylation sites (tertiary alicyclic amines) is 1. The maximum atomic E-state index is 13.3. The lowest BCUT2D eigenvalue weighted by Crippen LogP contribution is -2.29. The molecule has 0 saturated carbocycles. The Hall–Kier alpha value is -2.43. The first-order valence-electron chi connectivity index (χ1n) is 10.9. The molecule has 2 heterocycles. The number of halogens is 1. The quantitative estimate of drug-likeness (QED) is 0.597. The summed E-state index contributed by atoms with van der Waals surface area (Å²) in [7, 11) is 0. The molecule has 0 spiro atoms. The maximum absolute atomic E-state index is 13.3. The molecular formula is C25H26ClN3O. The number of hydrogen-bond acceptors (Lipinski definition) is 3. The average Bonchev–Trinajstić information content (AvgIpc) is 3.22. The number of carbonyl (C=O) groups excluding carboxylic acids is 1. The molecule has 30 heavy (non-hydrogen) atoms. The van der Waals surface area contributed by atoms with Gasteiger partial charge in [-0.25, -0.2) is 0 Å². The summed E-state index contributed by atoms with van der Waals surface area (Å²) in [6.07, 6.45) is 6.80. The van der Waals surface area contributed by atoms with Gasteiger partial charge < -0.3 is 5.32 Å². The fourth-order valence-electron chi connectivity index (χ4n) is 4.76. The molecule has 1 aromatic heterocycles. The molecule has 1 saturated heterocycles. The highest BCUT2D eigenvalue weighted by atomic mass is 35.5. The van der Waals surface area contributed by atoms with E-state index in [1.165, 1.54) is 37.9 Å². The van der Waals surface area contributed by atoms with Crippen molar-refractivity contribution < 1.29 is 4.79 Å². The highest BCUT2D eigenvalue weighted by molar-refractivity contribution is 6.31. The van der Waals surface area contributed by atoms with Crippen molar-refractivity contribution in [2.45, 2.75) is 45.1 Å². The Labute approximate surface area is 182 Å². The highest BCUT2D eigenvalue weighted by Gasteiger charge is 2.24. The normalized spacial score (nSPS) is 16.6. The molecule has 1 N–H and O–H groups in total. The molecule has 1 amide bonds. The Balaban J connectivity index is 1.39. The summed E-state index contributed by atoms with van der Waals surface area (Å²) in [5.74, 6) is -0.0772. The van der Waals surface area contributed by atoms with Crippen LogP contribution in [0.15, 0.2) is 42.5 Å². The van der Waals surface area contributed by atoms with E-state index in [1.807, 2.05) is 30.3 Å². The maximum Gasteiger partial charge on any atom is 0.256 e. The van der Waals surface area contributed by atoms with Crippen molar-refractivity contribution in [2.75, 3.05) is 18.4 Å². The van der Waals surface area contributed by atoms with E-state index in [2.05, 4.69) is 22.3 Å². The highest BCUT2D eigenvalue weighted by Crippen LogP contribution is 2.32. The molecule has 0 unspecified atom stereocenters. The van der Waals surface area contributed by atoms with Crippen molar-refractivity contribution in [3.8, 4) is 0 Å². The molecule has 154 valence electrons. The van der Waals surface area contributed by atoms with Crippen LogP contribution < -0.4 is 5.32 Å². The number of nitrogens with one attached hydrogen (secondary N) is 1. The second-order valence-electron chi connectivity index (χ2n) is 8.41. The van der Waals surface area contributed by atoms with Gasteiger partial charge in [0.25, 0.3) is 5.91 Å². The van der Waals surface area contributed by atoms with Gasteiger partial charge in [-0.15, -0.1) is 0 Å². The van der Waals surface area contributed by atoms with Crippen molar-refractivity contribution in [3.05, 3.63) is 69.9 Å². The molecule has 5 heteroatoms. The second kappa shape index (κ2) is 8.37. The summed E-state index contributed by atoms with van der Waals surface area (Å²) in [5.41, 5.74) is 5.79. The van der Waals surface area contributed by atoms with E-state index in [1.54, 1.807) is 0 Å². The van der Waals surface area contributed by atoms with E-state index in [0.29, 0.717) is 5.02 Å². The second-order valence-corrected chi connectivity index (χ2v) is 8.85. The number of carbonyl (C=O) groups is 1. The van der Waals surface area contributed by atoms with E-state index >= 15 is 0 Å². The van der Waals surface area contributed by atoms with Crippen molar-refractivity contribution in [1.29, 1.82) is 0 Å². The number of hydrogen-bond donors (Lipinski definition) is 1. The van der Waals surface area contributed by atoms with Crippen molar-refractivity contribution in [2.24, 2.45) is 0 Å². The topological polar surface area (TPSA) is 45.2 Å². The van der Waals surface area contributed by atoms with Gasteiger partial charge in [0, 0.05) is 28.3 Å². The summed E-state index contributed by atoms with van der Waals surface area (Å²) < 4.78 is 0. The number of anilines is 1. The summed E-state index contributed by atoms with van der Waals surface area (Å²) in [6.45, 7) is 3.35. The van der Waals surface area contributed by atoms with Crippen LogP contribution in [-0.2, 0) is 19.4 Å². The predicted molar refractivity (Wildman–Crippen MR) is 122 cm³/mol. The number of amides is 1. The Bertz CT molecular complexity index is 1090. The number of piperidine rings is 1. The Morgan fingerprint density at radius 1 is 1.00 bits per heavy atom. The SMILES string of the molecule is O=C(Nc1ccc(CN2CCCCC2)cc1)c1c2c(nc3ccc(Cl)cc13)CCC2. The van der Waals surface area contributed by atoms with E-state index in [0.717, 1.165) is 59.2 Å². The molecule has 5 rings (SSSR count). The van der Waals surface area contributed by atoms with Crippen LogP contribution in [0.2, 0.25) is 5.02 Å². The van der Waals surface area contributed by atoms with Gasteiger partial charge in [0.15, 0.2) is 0 Å². The first-order chi connectivity index (χ1) is 14.7. The number of aryl methyl sites for hydroxylation is 1. The van der Waals surface area contributed by atoms with Gasteiger partial charge in [-0.2, -0.15) is 0 Å². The van der Waals surface area contributed by atoms with Gasteiger partial charge in [-0.1, -0.05) is 30.2 Å². The lowest BCUT2D eigenvalue weighted by Gasteiger charge is -2.26. The van der Waals surface area contributed by atoms with Crippen molar-refractivity contribution >= 4 is 34.1 Å². The third kappa shape index (κ3) is 3.94. The fourth-order valence-corrected chi connectivity index (χ4v) is 4.93. The molecule has 2 aliphatic rings. The number of nitrogens with zero attached hydrogens (tertiary/aromatic N) is 2. The zero-order valence-electron chi connectivity index (χ0n) is 17.1. The monoisotopic (exact) mass is 419 g/mol. The zero-order chi connectivity index (χ0) is 20.5. The molecule has 1 fully saturated rings. The number of benzene rings is 2. The molecule has 4 nitrogen and oxygen atoms in total. The first kappa shape index (κ1) is 19.5. The predicted octanol–water partition coefficient (Wildman–Crippen LogP) is 5.62. The molecule has 3 aromatic rings. The van der Waals surface area contributed by atoms with Crippen molar-refractivity contribution in [1.82, 2.24) is 9.88 Å². The van der Waals surface area contributed by atoms with Crippen LogP contribution in [0.5, 0.6) is 0 Å². The van der Waals surface area contributed by atoms with Crippen LogP contribution in [0.3, 0.4) is 0 Å². The molecule has 2 aromatic carbocycles. The average molecular weight is 420 g/mol. The Morgan fingerprint density at radius 3 is 2.60 bits per heavy atom. The summed E-state index contributed by atoms with van der Waals surface area (Å²) >= 11 is 6.24. The third-order valence-corrected chi connectivity index (χ3v) is 6.50. The minimum absolute atomic E-state index is 0.0772. The van der Waals surface area contributed by atoms with E-state index in [4.69, 9.17) is 16.6 Å². The zero-order valence-corrected chi connectivity index (χ0v) is 17.8. The number of rotatable bonds is 4. The number of pyridine rings is 1. The van der Waals surface area contributed by atoms with E-state index < -0.39 is 0 Å². The van der Waals surface area contributed by atoms with Crippen LogP contribution in [0.25, 0.3) is 10.9 Å². The van der Waals surface area contributed by atoms with Crippen LogP contribution in [0.4, 0.5) is 5.69 Å². The van der Waals surface area contributed by atoms with Crippen LogP contribution >= 0.6 is 11.6 Å².